The van der Waals surface area contributed by atoms with E-state index >= 15 is 0 Å². The molecule has 0 aliphatic rings. The number of hydrogen-bond acceptors (Lipinski definition) is 4. The van der Waals surface area contributed by atoms with Crippen LogP contribution in [0.25, 0.3) is 16.6 Å². The molecule has 2 aromatic heterocycles. The molecule has 1 N–H and O–H groups in total. The first-order valence-electron chi connectivity index (χ1n) is 10.4. The van der Waals surface area contributed by atoms with Crippen LogP contribution in [-0.2, 0) is 17.6 Å². The van der Waals surface area contributed by atoms with E-state index in [1.165, 1.54) is 22.1 Å². The lowest BCUT2D eigenvalue weighted by Crippen LogP contribution is -2.15. The van der Waals surface area contributed by atoms with Crippen molar-refractivity contribution in [2.24, 2.45) is 0 Å². The summed E-state index contributed by atoms with van der Waals surface area (Å²) in [5.41, 5.74) is 6.45. The minimum Gasteiger partial charge on any atom is -0.326 e. The number of aryl methyl sites for hydroxylation is 3. The maximum Gasteiger partial charge on any atom is 0.225 e. The van der Waals surface area contributed by atoms with Crippen LogP contribution in [0.5, 0.6) is 0 Å². The van der Waals surface area contributed by atoms with Gasteiger partial charge < -0.3 is 5.32 Å². The highest BCUT2D eigenvalue weighted by molar-refractivity contribution is 7.99. The summed E-state index contributed by atoms with van der Waals surface area (Å²) in [4.78, 5) is 12.6. The van der Waals surface area contributed by atoms with Gasteiger partial charge in [0.1, 0.15) is 0 Å². The zero-order chi connectivity index (χ0) is 21.1. The number of aromatic nitrogens is 3. The van der Waals surface area contributed by atoms with Crippen molar-refractivity contribution >= 4 is 39.9 Å². The second-order valence-electron chi connectivity index (χ2n) is 7.33. The second-order valence-corrected chi connectivity index (χ2v) is 8.39. The molecule has 0 saturated heterocycles. The third kappa shape index (κ3) is 3.92. The Hall–Kier alpha value is -2.86. The van der Waals surface area contributed by atoms with Crippen molar-refractivity contribution in [3.63, 3.8) is 0 Å². The number of para-hydroxylation sites is 2. The van der Waals surface area contributed by atoms with E-state index in [-0.39, 0.29) is 5.91 Å². The number of hydrogen-bond donors (Lipinski definition) is 1. The van der Waals surface area contributed by atoms with Crippen LogP contribution in [0.2, 0.25) is 0 Å². The predicted octanol–water partition coefficient (Wildman–Crippen LogP) is 5.44. The number of fused-ring (bicyclic) bond motifs is 3. The lowest BCUT2D eigenvalue weighted by Gasteiger charge is -2.14. The smallest absolute Gasteiger partial charge is 0.225 e. The topological polar surface area (TPSA) is 59.3 Å². The Balaban J connectivity index is 1.48. The first-order chi connectivity index (χ1) is 14.6. The van der Waals surface area contributed by atoms with Gasteiger partial charge >= 0.3 is 0 Å². The quantitative estimate of drug-likeness (QED) is 0.406. The van der Waals surface area contributed by atoms with Gasteiger partial charge in [-0.25, -0.2) is 0 Å². The monoisotopic (exact) mass is 418 g/mol. The highest BCUT2D eigenvalue weighted by atomic mass is 32.2. The summed E-state index contributed by atoms with van der Waals surface area (Å²) in [5.74, 6) is 0.678. The molecule has 0 unspecified atom stereocenters. The molecule has 154 valence electrons. The van der Waals surface area contributed by atoms with Gasteiger partial charge in [-0.1, -0.05) is 62.0 Å². The van der Waals surface area contributed by atoms with Crippen molar-refractivity contribution in [2.75, 3.05) is 11.1 Å². The van der Waals surface area contributed by atoms with Gasteiger partial charge in [0.25, 0.3) is 0 Å². The Morgan fingerprint density at radius 1 is 1.03 bits per heavy atom. The second kappa shape index (κ2) is 8.88. The number of rotatable bonds is 7. The minimum atomic E-state index is 0.0348. The van der Waals surface area contributed by atoms with Crippen LogP contribution in [0.1, 0.15) is 37.0 Å². The van der Waals surface area contributed by atoms with Crippen molar-refractivity contribution in [1.29, 1.82) is 0 Å². The first kappa shape index (κ1) is 20.4. The maximum atomic E-state index is 12.6. The molecule has 0 saturated carbocycles. The van der Waals surface area contributed by atoms with Crippen molar-refractivity contribution in [3.05, 3.63) is 65.2 Å². The van der Waals surface area contributed by atoms with E-state index in [4.69, 9.17) is 0 Å². The molecule has 0 spiro atoms. The van der Waals surface area contributed by atoms with Crippen molar-refractivity contribution in [2.45, 2.75) is 45.2 Å². The van der Waals surface area contributed by atoms with Gasteiger partial charge in [0.15, 0.2) is 10.8 Å². The molecule has 0 fully saturated rings. The fourth-order valence-corrected chi connectivity index (χ4v) is 4.70. The van der Waals surface area contributed by atoms with Crippen LogP contribution in [0.3, 0.4) is 0 Å². The van der Waals surface area contributed by atoms with Crippen LogP contribution in [-0.4, -0.2) is 26.3 Å². The molecule has 5 nitrogen and oxygen atoms in total. The molecule has 0 atom stereocenters. The summed E-state index contributed by atoms with van der Waals surface area (Å²) in [5, 5.41) is 13.8. The van der Waals surface area contributed by atoms with Gasteiger partial charge in [-0.2, -0.15) is 0 Å². The summed E-state index contributed by atoms with van der Waals surface area (Å²) >= 11 is 1.56. The molecular weight excluding hydrogens is 392 g/mol. The number of nitrogens with zero attached hydrogens (tertiary/aromatic N) is 3. The largest absolute Gasteiger partial charge is 0.326 e. The normalized spacial score (nSPS) is 11.3. The maximum absolute atomic E-state index is 12.6. The Bertz CT molecular complexity index is 1190. The molecule has 2 heterocycles. The third-order valence-corrected chi connectivity index (χ3v) is 6.33. The standard InChI is InChI=1S/C24H26N4OS/c1-4-17-9-8-10-18(5-2)23(17)25-22(29)13-14-30-24-27-26-21-15-16(3)19-11-6-7-12-20(19)28(21)24/h6-12,15H,4-5,13-14H2,1-3H3,(H,25,29). The fourth-order valence-electron chi connectivity index (χ4n) is 3.81. The lowest BCUT2D eigenvalue weighted by molar-refractivity contribution is -0.115. The molecule has 2 aromatic carbocycles. The van der Waals surface area contributed by atoms with Gasteiger partial charge in [0, 0.05) is 23.2 Å². The van der Waals surface area contributed by atoms with Crippen LogP contribution < -0.4 is 5.32 Å². The molecule has 0 radical (unpaired) electrons. The molecule has 1 amide bonds. The zero-order valence-electron chi connectivity index (χ0n) is 17.6. The number of nitrogens with one attached hydrogen (secondary N) is 1. The molecule has 0 aliphatic carbocycles. The lowest BCUT2D eigenvalue weighted by atomic mass is 10.0. The number of pyridine rings is 1. The Morgan fingerprint density at radius 3 is 2.50 bits per heavy atom. The molecule has 0 aliphatic heterocycles. The SMILES string of the molecule is CCc1cccc(CC)c1NC(=O)CCSc1nnc2cc(C)c3ccccc3n12. The fraction of sp³-hybridized carbons (Fsp3) is 0.292. The van der Waals surface area contributed by atoms with Crippen LogP contribution >= 0.6 is 11.8 Å². The van der Waals surface area contributed by atoms with Gasteiger partial charge in [0.2, 0.25) is 5.91 Å². The number of thioether (sulfide) groups is 1. The van der Waals surface area contributed by atoms with Gasteiger partial charge in [-0.05, 0) is 48.6 Å². The van der Waals surface area contributed by atoms with E-state index in [0.29, 0.717) is 12.2 Å². The third-order valence-electron chi connectivity index (χ3n) is 5.40. The van der Waals surface area contributed by atoms with E-state index in [0.717, 1.165) is 34.8 Å². The minimum absolute atomic E-state index is 0.0348. The van der Waals surface area contributed by atoms with Crippen LogP contribution in [0.15, 0.2) is 53.7 Å². The summed E-state index contributed by atoms with van der Waals surface area (Å²) in [7, 11) is 0. The Morgan fingerprint density at radius 2 is 1.77 bits per heavy atom. The van der Waals surface area contributed by atoms with E-state index in [1.54, 1.807) is 11.8 Å². The number of carbonyl (C=O) groups is 1. The van der Waals surface area contributed by atoms with Gasteiger partial charge in [0.05, 0.1) is 5.52 Å². The van der Waals surface area contributed by atoms with E-state index < -0.39 is 0 Å². The zero-order valence-corrected chi connectivity index (χ0v) is 18.4. The number of carbonyl (C=O) groups excluding carboxylic acids is 1. The predicted molar refractivity (Wildman–Crippen MR) is 124 cm³/mol. The highest BCUT2D eigenvalue weighted by Crippen LogP contribution is 2.27. The molecule has 4 rings (SSSR count). The van der Waals surface area contributed by atoms with E-state index in [9.17, 15) is 4.79 Å². The summed E-state index contributed by atoms with van der Waals surface area (Å²) in [6.45, 7) is 6.32. The molecular formula is C24H26N4OS. The summed E-state index contributed by atoms with van der Waals surface area (Å²) < 4.78 is 2.08. The van der Waals surface area contributed by atoms with E-state index in [2.05, 4.69) is 77.1 Å². The van der Waals surface area contributed by atoms with Gasteiger partial charge in [-0.3, -0.25) is 9.20 Å². The van der Waals surface area contributed by atoms with Crippen molar-refractivity contribution in [3.8, 4) is 0 Å². The molecule has 4 aromatic rings. The molecule has 30 heavy (non-hydrogen) atoms. The first-order valence-corrected chi connectivity index (χ1v) is 11.4. The number of amides is 1. The Labute approximate surface area is 180 Å². The number of benzene rings is 2. The average molecular weight is 419 g/mol. The molecule has 0 bridgehead atoms. The number of anilines is 1. The summed E-state index contributed by atoms with van der Waals surface area (Å²) in [6, 6.07) is 16.6. The van der Waals surface area contributed by atoms with Crippen molar-refractivity contribution in [1.82, 2.24) is 14.6 Å². The van der Waals surface area contributed by atoms with Crippen molar-refractivity contribution < 1.29 is 4.79 Å². The van der Waals surface area contributed by atoms with Gasteiger partial charge in [-0.15, -0.1) is 10.2 Å². The Kier molecular flexibility index (Phi) is 6.04. The summed E-state index contributed by atoms with van der Waals surface area (Å²) in [6.07, 6.45) is 2.22. The van der Waals surface area contributed by atoms with Crippen LogP contribution in [0, 0.1) is 6.92 Å². The van der Waals surface area contributed by atoms with Crippen LogP contribution in [0.4, 0.5) is 5.69 Å². The molecule has 6 heteroatoms. The van der Waals surface area contributed by atoms with E-state index in [1.807, 2.05) is 12.1 Å². The highest BCUT2D eigenvalue weighted by Gasteiger charge is 2.13. The average Bonchev–Trinajstić information content (AvgIpc) is 3.17.